The molecule has 2 saturated heterocycles. The molecule has 1 aromatic rings. The summed E-state index contributed by atoms with van der Waals surface area (Å²) in [4.78, 5) is 38.2. The van der Waals surface area contributed by atoms with Crippen LogP contribution in [0.4, 0.5) is 0 Å². The van der Waals surface area contributed by atoms with E-state index in [1.54, 1.807) is 4.90 Å². The highest BCUT2D eigenvalue weighted by Gasteiger charge is 2.39. The second-order valence-electron chi connectivity index (χ2n) is 9.73. The van der Waals surface area contributed by atoms with Crippen molar-refractivity contribution in [2.45, 2.75) is 76.1 Å². The van der Waals surface area contributed by atoms with Gasteiger partial charge in [-0.1, -0.05) is 6.42 Å². The minimum absolute atomic E-state index is 0.111. The summed E-state index contributed by atoms with van der Waals surface area (Å²) in [7, 11) is 0. The van der Waals surface area contributed by atoms with Crippen LogP contribution < -0.4 is 15.4 Å². The van der Waals surface area contributed by atoms with Crippen molar-refractivity contribution in [3.8, 4) is 5.75 Å². The van der Waals surface area contributed by atoms with Crippen LogP contribution in [0.15, 0.2) is 18.2 Å². The first kappa shape index (κ1) is 22.3. The number of hydrogen-bond acceptors (Lipinski definition) is 6. The largest absolute Gasteiger partial charge is 0.489 e. The van der Waals surface area contributed by atoms with Gasteiger partial charge in [0.2, 0.25) is 11.8 Å². The molecule has 33 heavy (non-hydrogen) atoms. The summed E-state index contributed by atoms with van der Waals surface area (Å²) < 4.78 is 11.9. The number of ether oxygens (including phenoxy) is 2. The number of benzene rings is 1. The molecule has 3 amide bonds. The summed E-state index contributed by atoms with van der Waals surface area (Å²) in [5, 5.41) is 6.11. The zero-order valence-electron chi connectivity index (χ0n) is 19.0. The normalized spacial score (nSPS) is 28.5. The first-order chi connectivity index (χ1) is 16.1. The van der Waals surface area contributed by atoms with Gasteiger partial charge in [-0.25, -0.2) is 0 Å². The molecule has 1 unspecified atom stereocenters. The number of amides is 3. The molecule has 3 aliphatic heterocycles. The van der Waals surface area contributed by atoms with Crippen molar-refractivity contribution in [3.05, 3.63) is 29.3 Å². The van der Waals surface area contributed by atoms with Crippen molar-refractivity contribution in [1.29, 1.82) is 0 Å². The average Bonchev–Trinajstić information content (AvgIpc) is 3.14. The highest BCUT2D eigenvalue weighted by Crippen LogP contribution is 2.32. The molecule has 1 aromatic carbocycles. The number of carbonyl (C=O) groups excluding carboxylic acids is 3. The zero-order valence-corrected chi connectivity index (χ0v) is 19.0. The van der Waals surface area contributed by atoms with Gasteiger partial charge in [0.15, 0.2) is 0 Å². The maximum atomic E-state index is 12.9. The highest BCUT2D eigenvalue weighted by atomic mass is 16.5. The molecular weight excluding hydrogens is 422 g/mol. The van der Waals surface area contributed by atoms with Crippen LogP contribution in [0.2, 0.25) is 0 Å². The minimum atomic E-state index is -0.593. The summed E-state index contributed by atoms with van der Waals surface area (Å²) in [6.45, 7) is 3.10. The Balaban J connectivity index is 1.22. The molecule has 0 spiro atoms. The SMILES string of the molecule is O=C1CCC(N2Cc3cc(O[C@H]4CCCC[C@H]4NCC4CCOCC4)ccc3C2=O)C(=O)N1. The Morgan fingerprint density at radius 2 is 1.88 bits per heavy atom. The molecule has 3 heterocycles. The van der Waals surface area contributed by atoms with Gasteiger partial charge in [0.1, 0.15) is 17.9 Å². The standard InChI is InChI=1S/C25H33N3O5/c29-23-8-7-21(24(30)27-23)28-15-17-13-18(5-6-19(17)25(28)31)33-22-4-2-1-3-20(22)26-14-16-9-11-32-12-10-16/h5-6,13,16,20-22,26H,1-4,7-12,14-15H2,(H,27,29,30)/t20-,21?,22+/m1/s1. The molecular formula is C25H33N3O5. The van der Waals surface area contributed by atoms with E-state index in [9.17, 15) is 14.4 Å². The van der Waals surface area contributed by atoms with Crippen LogP contribution in [0.25, 0.3) is 0 Å². The lowest BCUT2D eigenvalue weighted by Crippen LogP contribution is -2.52. The van der Waals surface area contributed by atoms with Crippen LogP contribution in [0, 0.1) is 5.92 Å². The zero-order chi connectivity index (χ0) is 22.8. The van der Waals surface area contributed by atoms with E-state index in [0.717, 1.165) is 63.2 Å². The van der Waals surface area contributed by atoms with Crippen molar-refractivity contribution in [1.82, 2.24) is 15.5 Å². The Bertz CT molecular complexity index is 913. The first-order valence-corrected chi connectivity index (χ1v) is 12.3. The Morgan fingerprint density at radius 1 is 1.06 bits per heavy atom. The molecule has 1 saturated carbocycles. The van der Waals surface area contributed by atoms with Crippen molar-refractivity contribution >= 4 is 17.7 Å². The van der Waals surface area contributed by atoms with Gasteiger partial charge < -0.3 is 19.7 Å². The van der Waals surface area contributed by atoms with Gasteiger partial charge in [-0.2, -0.15) is 0 Å². The number of rotatable bonds is 6. The summed E-state index contributed by atoms with van der Waals surface area (Å²) >= 11 is 0. The summed E-state index contributed by atoms with van der Waals surface area (Å²) in [6.07, 6.45) is 7.48. The second kappa shape index (κ2) is 9.81. The lowest BCUT2D eigenvalue weighted by atomic mass is 9.91. The summed E-state index contributed by atoms with van der Waals surface area (Å²) in [6, 6.07) is 5.37. The molecule has 1 aliphatic carbocycles. The molecule has 2 N–H and O–H groups in total. The molecule has 3 atom stereocenters. The lowest BCUT2D eigenvalue weighted by molar-refractivity contribution is -0.136. The van der Waals surface area contributed by atoms with Crippen molar-refractivity contribution in [2.24, 2.45) is 5.92 Å². The van der Waals surface area contributed by atoms with E-state index in [4.69, 9.17) is 9.47 Å². The van der Waals surface area contributed by atoms with E-state index in [2.05, 4.69) is 10.6 Å². The fraction of sp³-hybridized carbons (Fsp3) is 0.640. The molecule has 8 nitrogen and oxygen atoms in total. The van der Waals surface area contributed by atoms with Crippen molar-refractivity contribution < 1.29 is 23.9 Å². The topological polar surface area (TPSA) is 97.0 Å². The molecule has 8 heteroatoms. The van der Waals surface area contributed by atoms with Gasteiger partial charge in [0, 0.05) is 37.8 Å². The van der Waals surface area contributed by atoms with Crippen LogP contribution in [0.3, 0.4) is 0 Å². The van der Waals surface area contributed by atoms with Crippen molar-refractivity contribution in [2.75, 3.05) is 19.8 Å². The fourth-order valence-corrected chi connectivity index (χ4v) is 5.54. The molecule has 178 valence electrons. The summed E-state index contributed by atoms with van der Waals surface area (Å²) in [5.74, 6) is 0.634. The van der Waals surface area contributed by atoms with Gasteiger partial charge in [-0.3, -0.25) is 19.7 Å². The quantitative estimate of drug-likeness (QED) is 0.638. The predicted octanol–water partition coefficient (Wildman–Crippen LogP) is 2.15. The van der Waals surface area contributed by atoms with Crippen molar-refractivity contribution in [3.63, 3.8) is 0 Å². The Labute approximate surface area is 194 Å². The van der Waals surface area contributed by atoms with Crippen LogP contribution in [-0.2, 0) is 20.9 Å². The van der Waals surface area contributed by atoms with E-state index in [1.807, 2.05) is 18.2 Å². The van der Waals surface area contributed by atoms with E-state index in [-0.39, 0.29) is 30.2 Å². The third kappa shape index (κ3) is 4.92. The molecule has 4 aliphatic rings. The molecule has 3 fully saturated rings. The van der Waals surface area contributed by atoms with Gasteiger partial charge in [-0.15, -0.1) is 0 Å². The third-order valence-corrected chi connectivity index (χ3v) is 7.49. The molecule has 0 aromatic heterocycles. The number of carbonyl (C=O) groups is 3. The lowest BCUT2D eigenvalue weighted by Gasteiger charge is -2.34. The van der Waals surface area contributed by atoms with Crippen LogP contribution >= 0.6 is 0 Å². The van der Waals surface area contributed by atoms with Gasteiger partial charge in [0.05, 0.1) is 0 Å². The Hall–Kier alpha value is -2.45. The fourth-order valence-electron chi connectivity index (χ4n) is 5.54. The van der Waals surface area contributed by atoms with Crippen LogP contribution in [0.1, 0.15) is 67.3 Å². The van der Waals surface area contributed by atoms with Crippen LogP contribution in [0.5, 0.6) is 5.75 Å². The number of nitrogens with one attached hydrogen (secondary N) is 2. The average molecular weight is 456 g/mol. The first-order valence-electron chi connectivity index (χ1n) is 12.3. The van der Waals surface area contributed by atoms with E-state index in [0.29, 0.717) is 30.5 Å². The number of piperidine rings is 1. The van der Waals surface area contributed by atoms with E-state index >= 15 is 0 Å². The monoisotopic (exact) mass is 455 g/mol. The highest BCUT2D eigenvalue weighted by molar-refractivity contribution is 6.05. The van der Waals surface area contributed by atoms with E-state index in [1.165, 1.54) is 6.42 Å². The number of nitrogens with zero attached hydrogens (tertiary/aromatic N) is 1. The summed E-state index contributed by atoms with van der Waals surface area (Å²) in [5.41, 5.74) is 1.50. The predicted molar refractivity (Wildman–Crippen MR) is 121 cm³/mol. The maximum Gasteiger partial charge on any atom is 0.255 e. The molecule has 0 bridgehead atoms. The van der Waals surface area contributed by atoms with Gasteiger partial charge in [-0.05, 0) is 74.8 Å². The minimum Gasteiger partial charge on any atom is -0.489 e. The third-order valence-electron chi connectivity index (χ3n) is 7.49. The van der Waals surface area contributed by atoms with Gasteiger partial charge in [0.25, 0.3) is 5.91 Å². The Kier molecular flexibility index (Phi) is 6.64. The number of fused-ring (bicyclic) bond motifs is 1. The second-order valence-corrected chi connectivity index (χ2v) is 9.73. The smallest absolute Gasteiger partial charge is 0.255 e. The van der Waals surface area contributed by atoms with Gasteiger partial charge >= 0.3 is 0 Å². The Morgan fingerprint density at radius 3 is 2.70 bits per heavy atom. The van der Waals surface area contributed by atoms with Crippen LogP contribution in [-0.4, -0.2) is 60.6 Å². The molecule has 0 radical (unpaired) electrons. The number of imide groups is 1. The maximum absolute atomic E-state index is 12.9. The van der Waals surface area contributed by atoms with E-state index < -0.39 is 6.04 Å². The molecule has 5 rings (SSSR count). The number of hydrogen-bond donors (Lipinski definition) is 2.